The largest absolute Gasteiger partial charge is 0.444 e. The van der Waals surface area contributed by atoms with Crippen molar-refractivity contribution in [2.24, 2.45) is 0 Å². The summed E-state index contributed by atoms with van der Waals surface area (Å²) in [6.45, 7) is 5.48. The second-order valence-electron chi connectivity index (χ2n) is 8.80. The SMILES string of the molecule is CC(C)(C)OC(=O)NC1CCC/C(=C\c2cccc(Oc3ccc(C(F)(F)F)cn3)c2)C1. The van der Waals surface area contributed by atoms with Gasteiger partial charge in [-0.1, -0.05) is 23.8 Å². The van der Waals surface area contributed by atoms with Crippen molar-refractivity contribution in [2.75, 3.05) is 0 Å². The van der Waals surface area contributed by atoms with Crippen LogP contribution >= 0.6 is 0 Å². The fraction of sp³-hybridized carbons (Fsp3) is 0.417. The number of alkyl carbamates (subject to hydrolysis) is 1. The number of amides is 1. The van der Waals surface area contributed by atoms with Crippen molar-refractivity contribution in [1.29, 1.82) is 0 Å². The maximum Gasteiger partial charge on any atom is 0.417 e. The minimum Gasteiger partial charge on any atom is -0.444 e. The van der Waals surface area contributed by atoms with E-state index in [9.17, 15) is 18.0 Å². The third kappa shape index (κ3) is 7.28. The standard InChI is InChI=1S/C24H27F3N2O3/c1-23(2,3)32-22(30)29-19-8-4-6-16(13-19)12-17-7-5-9-20(14-17)31-21-11-10-18(15-28-21)24(25,26)27/h5,7,9-12,14-15,19H,4,6,8,13H2,1-3H3,(H,29,30)/b16-12+. The molecule has 2 aromatic rings. The third-order valence-electron chi connectivity index (χ3n) is 4.79. The number of hydrogen-bond donors (Lipinski definition) is 1. The van der Waals surface area contributed by atoms with E-state index < -0.39 is 23.4 Å². The van der Waals surface area contributed by atoms with E-state index in [0.717, 1.165) is 43.5 Å². The number of nitrogens with zero attached hydrogens (tertiary/aromatic N) is 1. The molecule has 0 spiro atoms. The second-order valence-corrected chi connectivity index (χ2v) is 8.80. The molecule has 3 rings (SSSR count). The topological polar surface area (TPSA) is 60.5 Å². The summed E-state index contributed by atoms with van der Waals surface area (Å²) in [7, 11) is 0. The number of rotatable bonds is 4. The van der Waals surface area contributed by atoms with Crippen LogP contribution in [0.5, 0.6) is 11.6 Å². The van der Waals surface area contributed by atoms with E-state index in [4.69, 9.17) is 9.47 Å². The highest BCUT2D eigenvalue weighted by Crippen LogP contribution is 2.31. The van der Waals surface area contributed by atoms with Crippen LogP contribution in [0.4, 0.5) is 18.0 Å². The van der Waals surface area contributed by atoms with Gasteiger partial charge in [-0.05, 0) is 70.2 Å². The predicted molar refractivity (Wildman–Crippen MR) is 115 cm³/mol. The summed E-state index contributed by atoms with van der Waals surface area (Å²) < 4.78 is 49.0. The van der Waals surface area contributed by atoms with Crippen molar-refractivity contribution < 1.29 is 27.4 Å². The minimum atomic E-state index is -4.44. The molecule has 1 atom stereocenters. The summed E-state index contributed by atoms with van der Waals surface area (Å²) >= 11 is 0. The van der Waals surface area contributed by atoms with Crippen molar-refractivity contribution in [3.63, 3.8) is 0 Å². The van der Waals surface area contributed by atoms with E-state index >= 15 is 0 Å². The van der Waals surface area contributed by atoms with Gasteiger partial charge in [-0.15, -0.1) is 0 Å². The van der Waals surface area contributed by atoms with Crippen LogP contribution in [0.15, 0.2) is 48.2 Å². The van der Waals surface area contributed by atoms with Crippen molar-refractivity contribution in [3.05, 3.63) is 59.3 Å². The molecule has 1 aliphatic rings. The van der Waals surface area contributed by atoms with Crippen molar-refractivity contribution in [2.45, 2.75) is 64.3 Å². The van der Waals surface area contributed by atoms with Crippen LogP contribution in [0.1, 0.15) is 57.6 Å². The molecule has 1 aliphatic carbocycles. The van der Waals surface area contributed by atoms with E-state index in [0.29, 0.717) is 5.75 Å². The number of carbonyl (C=O) groups is 1. The molecule has 1 unspecified atom stereocenters. The lowest BCUT2D eigenvalue weighted by Gasteiger charge is -2.27. The number of aromatic nitrogens is 1. The summed E-state index contributed by atoms with van der Waals surface area (Å²) in [5.41, 5.74) is 0.736. The molecule has 1 saturated carbocycles. The first-order valence-electron chi connectivity index (χ1n) is 10.5. The highest BCUT2D eigenvalue weighted by molar-refractivity contribution is 5.68. The third-order valence-corrected chi connectivity index (χ3v) is 4.79. The molecule has 5 nitrogen and oxygen atoms in total. The first kappa shape index (κ1) is 23.6. The van der Waals surface area contributed by atoms with Gasteiger partial charge in [0.25, 0.3) is 0 Å². The fourth-order valence-corrected chi connectivity index (χ4v) is 3.46. The van der Waals surface area contributed by atoms with Gasteiger partial charge in [-0.2, -0.15) is 13.2 Å². The van der Waals surface area contributed by atoms with E-state index in [1.54, 1.807) is 12.1 Å². The lowest BCUT2D eigenvalue weighted by molar-refractivity contribution is -0.137. The number of nitrogens with one attached hydrogen (secondary N) is 1. The lowest BCUT2D eigenvalue weighted by atomic mass is 9.89. The van der Waals surface area contributed by atoms with Gasteiger partial charge >= 0.3 is 12.3 Å². The maximum atomic E-state index is 12.7. The molecule has 1 N–H and O–H groups in total. The number of benzene rings is 1. The Morgan fingerprint density at radius 2 is 1.97 bits per heavy atom. The second kappa shape index (κ2) is 9.63. The minimum absolute atomic E-state index is 0.0145. The number of alkyl halides is 3. The van der Waals surface area contributed by atoms with Gasteiger partial charge in [0.1, 0.15) is 11.4 Å². The monoisotopic (exact) mass is 448 g/mol. The van der Waals surface area contributed by atoms with Crippen LogP contribution in [-0.2, 0) is 10.9 Å². The van der Waals surface area contributed by atoms with Crippen LogP contribution in [0.3, 0.4) is 0 Å². The van der Waals surface area contributed by atoms with Crippen LogP contribution in [0.25, 0.3) is 6.08 Å². The summed E-state index contributed by atoms with van der Waals surface area (Å²) in [6.07, 6.45) is 1.45. The average molecular weight is 448 g/mol. The Morgan fingerprint density at radius 1 is 1.19 bits per heavy atom. The summed E-state index contributed by atoms with van der Waals surface area (Å²) in [4.78, 5) is 15.8. The molecule has 0 aliphatic heterocycles. The van der Waals surface area contributed by atoms with Gasteiger partial charge in [-0.25, -0.2) is 9.78 Å². The van der Waals surface area contributed by atoms with Crippen molar-refractivity contribution in [3.8, 4) is 11.6 Å². The van der Waals surface area contributed by atoms with Crippen LogP contribution in [0, 0.1) is 0 Å². The highest BCUT2D eigenvalue weighted by atomic mass is 19.4. The Bertz CT molecular complexity index is 964. The lowest BCUT2D eigenvalue weighted by Crippen LogP contribution is -2.40. The molecule has 32 heavy (non-hydrogen) atoms. The molecule has 0 bridgehead atoms. The van der Waals surface area contributed by atoms with Crippen molar-refractivity contribution >= 4 is 12.2 Å². The van der Waals surface area contributed by atoms with Gasteiger partial charge in [-0.3, -0.25) is 0 Å². The van der Waals surface area contributed by atoms with E-state index in [1.165, 1.54) is 11.6 Å². The molecule has 1 heterocycles. The van der Waals surface area contributed by atoms with Crippen molar-refractivity contribution in [1.82, 2.24) is 10.3 Å². The first-order chi connectivity index (χ1) is 15.0. The van der Waals surface area contributed by atoms with Crippen LogP contribution < -0.4 is 10.1 Å². The van der Waals surface area contributed by atoms with Gasteiger partial charge in [0.15, 0.2) is 0 Å². The molecular formula is C24H27F3N2O3. The average Bonchev–Trinajstić information content (AvgIpc) is 2.67. The molecule has 0 radical (unpaired) electrons. The number of halogens is 3. The number of pyridine rings is 1. The Labute approximate surface area is 185 Å². The van der Waals surface area contributed by atoms with Gasteiger partial charge in [0.2, 0.25) is 5.88 Å². The number of hydrogen-bond acceptors (Lipinski definition) is 4. The van der Waals surface area contributed by atoms with Crippen LogP contribution in [-0.4, -0.2) is 22.7 Å². The normalized spacial score (nSPS) is 18.3. The number of carbonyl (C=O) groups excluding carboxylic acids is 1. The molecule has 0 saturated heterocycles. The number of ether oxygens (including phenoxy) is 2. The zero-order valence-corrected chi connectivity index (χ0v) is 18.3. The Kier molecular flexibility index (Phi) is 7.11. The van der Waals surface area contributed by atoms with E-state index in [1.807, 2.05) is 32.9 Å². The molecule has 1 aromatic heterocycles. The van der Waals surface area contributed by atoms with Gasteiger partial charge in [0, 0.05) is 18.3 Å². The molecule has 172 valence electrons. The molecule has 8 heteroatoms. The van der Waals surface area contributed by atoms with Crippen LogP contribution in [0.2, 0.25) is 0 Å². The Balaban J connectivity index is 1.63. The van der Waals surface area contributed by atoms with Gasteiger partial charge < -0.3 is 14.8 Å². The zero-order valence-electron chi connectivity index (χ0n) is 18.3. The summed E-state index contributed by atoms with van der Waals surface area (Å²) in [6, 6.07) is 9.40. The highest BCUT2D eigenvalue weighted by Gasteiger charge is 2.30. The fourth-order valence-electron chi connectivity index (χ4n) is 3.46. The molecule has 1 amide bonds. The first-order valence-corrected chi connectivity index (χ1v) is 10.5. The Hall–Kier alpha value is -3.03. The molecule has 1 fully saturated rings. The smallest absolute Gasteiger partial charge is 0.417 e. The summed E-state index contributed by atoms with van der Waals surface area (Å²) in [5, 5.41) is 2.94. The quantitative estimate of drug-likeness (QED) is 0.562. The van der Waals surface area contributed by atoms with E-state index in [2.05, 4.69) is 16.4 Å². The zero-order chi connectivity index (χ0) is 23.4. The maximum absolute atomic E-state index is 12.7. The predicted octanol–water partition coefficient (Wildman–Crippen LogP) is 6.74. The summed E-state index contributed by atoms with van der Waals surface area (Å²) in [5.74, 6) is 0.563. The molecular weight excluding hydrogens is 421 g/mol. The van der Waals surface area contributed by atoms with Gasteiger partial charge in [0.05, 0.1) is 5.56 Å². The Morgan fingerprint density at radius 3 is 2.62 bits per heavy atom. The van der Waals surface area contributed by atoms with E-state index in [-0.39, 0.29) is 11.9 Å². The molecule has 1 aromatic carbocycles.